The molecule has 166 valence electrons. The Balaban J connectivity index is 1.81. The highest BCUT2D eigenvalue weighted by Crippen LogP contribution is 2.32. The van der Waals surface area contributed by atoms with E-state index in [1.54, 1.807) is 6.21 Å². The summed E-state index contributed by atoms with van der Waals surface area (Å²) in [6.45, 7) is 9.52. The number of rotatable bonds is 6. The number of H-pyrrole nitrogens is 3. The minimum Gasteiger partial charge on any atom is -0.370 e. The van der Waals surface area contributed by atoms with Crippen LogP contribution in [0.5, 0.6) is 0 Å². The molecule has 0 saturated heterocycles. The monoisotopic (exact) mass is 496 g/mol. The van der Waals surface area contributed by atoms with Crippen LogP contribution in [-0.4, -0.2) is 39.1 Å². The maximum Gasteiger partial charge on any atom is 0.323 e. The van der Waals surface area contributed by atoms with Crippen LogP contribution in [0, 0.1) is 13.8 Å². The van der Waals surface area contributed by atoms with Crippen LogP contribution in [0.1, 0.15) is 30.7 Å². The van der Waals surface area contributed by atoms with Crippen LogP contribution in [0.4, 0.5) is 11.4 Å². The van der Waals surface area contributed by atoms with Crippen LogP contribution in [-0.2, 0) is 0 Å². The van der Waals surface area contributed by atoms with Gasteiger partial charge in [-0.15, -0.1) is 0 Å². The predicted octanol–water partition coefficient (Wildman–Crippen LogP) is 4.31. The van der Waals surface area contributed by atoms with Crippen molar-refractivity contribution >= 4 is 44.6 Å². The van der Waals surface area contributed by atoms with E-state index < -0.39 is 0 Å². The zero-order valence-electron chi connectivity index (χ0n) is 18.4. The zero-order valence-corrected chi connectivity index (χ0v) is 20.0. The minimum atomic E-state index is -0.263. The summed E-state index contributed by atoms with van der Waals surface area (Å²) >= 11 is 3.46. The fourth-order valence-electron chi connectivity index (χ4n) is 3.87. The summed E-state index contributed by atoms with van der Waals surface area (Å²) in [5, 5.41) is 3.15. The third-order valence-electron chi connectivity index (χ3n) is 5.56. The van der Waals surface area contributed by atoms with Gasteiger partial charge in [-0.1, -0.05) is 15.9 Å². The number of aryl methyl sites for hydroxylation is 2. The molecule has 0 amide bonds. The lowest BCUT2D eigenvalue weighted by atomic mass is 10.2. The largest absolute Gasteiger partial charge is 0.370 e. The fraction of sp³-hybridized carbons (Fsp3) is 0.261. The first-order valence-corrected chi connectivity index (χ1v) is 11.2. The summed E-state index contributed by atoms with van der Waals surface area (Å²) in [5.74, 6) is 0. The van der Waals surface area contributed by atoms with Gasteiger partial charge < -0.3 is 14.9 Å². The summed E-state index contributed by atoms with van der Waals surface area (Å²) in [5.41, 5.74) is 5.51. The molecule has 8 nitrogen and oxygen atoms in total. The van der Waals surface area contributed by atoms with E-state index in [9.17, 15) is 9.59 Å². The van der Waals surface area contributed by atoms with E-state index in [2.05, 4.69) is 54.7 Å². The van der Waals surface area contributed by atoms with Crippen molar-refractivity contribution < 1.29 is 0 Å². The molecule has 0 saturated carbocycles. The number of nitrogens with zero attached hydrogens (tertiary/aromatic N) is 3. The maximum absolute atomic E-state index is 13.2. The molecule has 2 aromatic heterocycles. The van der Waals surface area contributed by atoms with Crippen molar-refractivity contribution in [2.45, 2.75) is 27.7 Å². The van der Waals surface area contributed by atoms with E-state index in [4.69, 9.17) is 0 Å². The molecule has 9 heteroatoms. The topological polar surface area (TPSA) is 102 Å². The van der Waals surface area contributed by atoms with Crippen molar-refractivity contribution in [3.63, 3.8) is 0 Å². The molecule has 3 N–H and O–H groups in total. The number of aromatic nitrogens is 4. The van der Waals surface area contributed by atoms with Gasteiger partial charge in [-0.25, -0.2) is 9.48 Å². The third kappa shape index (κ3) is 3.95. The van der Waals surface area contributed by atoms with Crippen molar-refractivity contribution in [1.29, 1.82) is 0 Å². The van der Waals surface area contributed by atoms with E-state index in [0.717, 1.165) is 45.7 Å². The van der Waals surface area contributed by atoms with Crippen LogP contribution in [0.25, 0.3) is 16.7 Å². The summed E-state index contributed by atoms with van der Waals surface area (Å²) in [7, 11) is 0. The van der Waals surface area contributed by atoms with Crippen LogP contribution >= 0.6 is 15.9 Å². The molecular weight excluding hydrogens is 472 g/mol. The second-order valence-electron chi connectivity index (χ2n) is 7.62. The number of anilines is 1. The van der Waals surface area contributed by atoms with Gasteiger partial charge in [0.2, 0.25) is 0 Å². The fourth-order valence-corrected chi connectivity index (χ4v) is 4.34. The molecule has 0 radical (unpaired) electrons. The maximum atomic E-state index is 13.2. The lowest BCUT2D eigenvalue weighted by Gasteiger charge is -2.22. The minimum absolute atomic E-state index is 0.169. The molecule has 0 spiro atoms. The highest BCUT2D eigenvalue weighted by Gasteiger charge is 2.15. The van der Waals surface area contributed by atoms with Crippen molar-refractivity contribution in [3.05, 3.63) is 72.5 Å². The van der Waals surface area contributed by atoms with Crippen LogP contribution < -0.4 is 16.1 Å². The van der Waals surface area contributed by atoms with Crippen molar-refractivity contribution in [2.75, 3.05) is 18.0 Å². The van der Waals surface area contributed by atoms with E-state index >= 15 is 0 Å². The van der Waals surface area contributed by atoms with Gasteiger partial charge in [-0.2, -0.15) is 0 Å². The van der Waals surface area contributed by atoms with E-state index in [1.165, 1.54) is 4.68 Å². The van der Waals surface area contributed by atoms with Gasteiger partial charge in [0.05, 0.1) is 33.7 Å². The molecule has 32 heavy (non-hydrogen) atoms. The average molecular weight is 497 g/mol. The second kappa shape index (κ2) is 8.66. The molecule has 0 bridgehead atoms. The predicted molar refractivity (Wildman–Crippen MR) is 133 cm³/mol. The Hall–Kier alpha value is -3.33. The van der Waals surface area contributed by atoms with E-state index in [0.29, 0.717) is 16.8 Å². The van der Waals surface area contributed by atoms with Crippen LogP contribution in [0.3, 0.4) is 0 Å². The number of nitrogens with one attached hydrogen (secondary N) is 3. The summed E-state index contributed by atoms with van der Waals surface area (Å²) in [6, 6.07) is 9.51. The molecule has 4 rings (SSSR count). The lowest BCUT2D eigenvalue weighted by molar-refractivity contribution is 0.828. The number of benzene rings is 2. The first kappa shape index (κ1) is 21.9. The number of hydrogen-bond acceptors (Lipinski definition) is 4. The Morgan fingerprint density at radius 2 is 1.75 bits per heavy atom. The highest BCUT2D eigenvalue weighted by molar-refractivity contribution is 9.10. The molecule has 4 aromatic rings. The number of fused-ring (bicyclic) bond motifs is 1. The first-order valence-electron chi connectivity index (χ1n) is 10.5. The highest BCUT2D eigenvalue weighted by atomic mass is 79.9. The Morgan fingerprint density at radius 3 is 2.41 bits per heavy atom. The standard InChI is InChI=1S/C23H25BrN6O2/c1-5-29(6-2)21-11-18-17(26-23(32)27-18)10-19(21)25-12-16-14(4)28-30(22(16)31)20-8-7-15(24)9-13(20)3/h7-12,28H,5-6H2,1-4H3,(H2,26,27,32). The van der Waals surface area contributed by atoms with Crippen LogP contribution in [0.2, 0.25) is 0 Å². The van der Waals surface area contributed by atoms with E-state index in [1.807, 2.05) is 44.2 Å². The lowest BCUT2D eigenvalue weighted by Crippen LogP contribution is -2.22. The van der Waals surface area contributed by atoms with Gasteiger partial charge in [-0.05, 0) is 63.6 Å². The molecule has 0 unspecified atom stereocenters. The molecule has 0 atom stereocenters. The van der Waals surface area contributed by atoms with Gasteiger partial charge in [0, 0.05) is 29.5 Å². The third-order valence-corrected chi connectivity index (χ3v) is 6.06. The average Bonchev–Trinajstić information content (AvgIpc) is 3.25. The zero-order chi connectivity index (χ0) is 23.0. The molecule has 0 aliphatic rings. The number of hydrogen-bond donors (Lipinski definition) is 3. The summed E-state index contributed by atoms with van der Waals surface area (Å²) in [6.07, 6.45) is 1.60. The van der Waals surface area contributed by atoms with Crippen molar-refractivity contribution in [1.82, 2.24) is 19.7 Å². The Morgan fingerprint density at radius 1 is 1.06 bits per heavy atom. The number of halogens is 1. The molecule has 2 heterocycles. The molecule has 2 aromatic carbocycles. The quantitative estimate of drug-likeness (QED) is 0.346. The number of imidazole rings is 1. The summed E-state index contributed by atoms with van der Waals surface area (Å²) in [4.78, 5) is 37.3. The van der Waals surface area contributed by atoms with Gasteiger partial charge in [0.1, 0.15) is 0 Å². The Labute approximate surface area is 193 Å². The van der Waals surface area contributed by atoms with E-state index in [-0.39, 0.29) is 11.2 Å². The molecule has 0 aliphatic carbocycles. The molecule has 0 fully saturated rings. The second-order valence-corrected chi connectivity index (χ2v) is 8.53. The van der Waals surface area contributed by atoms with Gasteiger partial charge >= 0.3 is 5.69 Å². The Bertz CT molecular complexity index is 1440. The first-order chi connectivity index (χ1) is 15.3. The summed E-state index contributed by atoms with van der Waals surface area (Å²) < 4.78 is 2.50. The molecule has 0 aliphatic heterocycles. The number of aromatic amines is 3. The van der Waals surface area contributed by atoms with Crippen LogP contribution in [0.15, 0.2) is 49.4 Å². The Kier molecular flexibility index (Phi) is 5.92. The van der Waals surface area contributed by atoms with Gasteiger partial charge in [-0.3, -0.25) is 14.9 Å². The normalized spacial score (nSPS) is 11.7. The molecular formula is C23H25BrN6O2. The van der Waals surface area contributed by atoms with Crippen molar-refractivity contribution in [2.24, 2.45) is 4.99 Å². The number of aliphatic imine (C=N–C) groups is 1. The van der Waals surface area contributed by atoms with Crippen molar-refractivity contribution in [3.8, 4) is 5.69 Å². The smallest absolute Gasteiger partial charge is 0.323 e. The SMILES string of the molecule is CCN(CC)c1cc2[nH]c(=O)[nH]c2cc1N=Cc1c(C)[nH]n(-c2ccc(Br)cc2C)c1=O. The van der Waals surface area contributed by atoms with Gasteiger partial charge in [0.25, 0.3) is 5.56 Å². The van der Waals surface area contributed by atoms with Gasteiger partial charge in [0.15, 0.2) is 0 Å².